The Bertz CT molecular complexity index is 2560. The summed E-state index contributed by atoms with van der Waals surface area (Å²) in [5, 5.41) is 4.77. The van der Waals surface area contributed by atoms with Gasteiger partial charge in [0.1, 0.15) is 11.2 Å². The van der Waals surface area contributed by atoms with Crippen LogP contribution < -0.4 is 0 Å². The first-order valence-corrected chi connectivity index (χ1v) is 15.6. The van der Waals surface area contributed by atoms with E-state index in [0.717, 1.165) is 33.1 Å². The number of nitrogens with zero attached hydrogens (tertiary/aromatic N) is 1. The van der Waals surface area contributed by atoms with Crippen LogP contribution in [0.15, 0.2) is 162 Å². The quantitative estimate of drug-likeness (QED) is 0.206. The Morgan fingerprint density at radius 1 is 0.422 bits per heavy atom. The van der Waals surface area contributed by atoms with Gasteiger partial charge >= 0.3 is 0 Å². The first-order chi connectivity index (χ1) is 22.3. The predicted molar refractivity (Wildman–Crippen MR) is 186 cm³/mol. The minimum atomic E-state index is 0.148. The van der Waals surface area contributed by atoms with Gasteiger partial charge in [-0.05, 0) is 69.3 Å². The molecule has 0 aliphatic heterocycles. The molecule has 2 aromatic heterocycles. The smallest absolute Gasteiger partial charge is 0.137 e. The maximum absolute atomic E-state index is 6.41. The summed E-state index contributed by atoms with van der Waals surface area (Å²) in [7, 11) is 0. The highest BCUT2D eigenvalue weighted by Gasteiger charge is 2.30. The molecule has 45 heavy (non-hydrogen) atoms. The monoisotopic (exact) mass is 573 g/mol. The largest absolute Gasteiger partial charge is 0.456 e. The van der Waals surface area contributed by atoms with E-state index >= 15 is 0 Å². The molecule has 7 aromatic carbocycles. The summed E-state index contributed by atoms with van der Waals surface area (Å²) in [6, 6.07) is 57.3. The van der Waals surface area contributed by atoms with Gasteiger partial charge in [0, 0.05) is 39.2 Å². The molecule has 210 valence electrons. The number of rotatable bonds is 3. The van der Waals surface area contributed by atoms with Crippen molar-refractivity contribution in [2.24, 2.45) is 0 Å². The highest BCUT2D eigenvalue weighted by molar-refractivity contribution is 6.17. The summed E-state index contributed by atoms with van der Waals surface area (Å²) in [5.41, 5.74) is 14.4. The summed E-state index contributed by atoms with van der Waals surface area (Å²) in [6.07, 6.45) is 0. The summed E-state index contributed by atoms with van der Waals surface area (Å²) in [4.78, 5) is 0. The van der Waals surface area contributed by atoms with E-state index in [-0.39, 0.29) is 5.92 Å². The van der Waals surface area contributed by atoms with E-state index in [4.69, 9.17) is 4.42 Å². The zero-order chi connectivity index (χ0) is 29.5. The second-order valence-corrected chi connectivity index (χ2v) is 12.1. The summed E-state index contributed by atoms with van der Waals surface area (Å²) in [5.74, 6) is 0.148. The Balaban J connectivity index is 1.30. The van der Waals surface area contributed by atoms with Crippen molar-refractivity contribution in [2.45, 2.75) is 5.92 Å². The molecule has 9 aromatic rings. The minimum absolute atomic E-state index is 0.148. The summed E-state index contributed by atoms with van der Waals surface area (Å²) in [6.45, 7) is 0. The number of hydrogen-bond donors (Lipinski definition) is 0. The average molecular weight is 574 g/mol. The van der Waals surface area contributed by atoms with Gasteiger partial charge in [0.15, 0.2) is 0 Å². The third-order valence-corrected chi connectivity index (χ3v) is 9.64. The van der Waals surface area contributed by atoms with Crippen LogP contribution in [0.2, 0.25) is 0 Å². The highest BCUT2D eigenvalue weighted by atomic mass is 16.3. The molecule has 1 aliphatic rings. The van der Waals surface area contributed by atoms with Crippen LogP contribution in [-0.2, 0) is 0 Å². The molecular formula is C43H27NO. The van der Waals surface area contributed by atoms with Crippen LogP contribution in [0.3, 0.4) is 0 Å². The molecule has 0 saturated carbocycles. The lowest BCUT2D eigenvalue weighted by Gasteiger charge is -2.19. The number of furan rings is 1. The second kappa shape index (κ2) is 9.32. The van der Waals surface area contributed by atoms with E-state index in [1.54, 1.807) is 0 Å². The van der Waals surface area contributed by atoms with Gasteiger partial charge in [-0.3, -0.25) is 0 Å². The Hall–Kier alpha value is -5.86. The summed E-state index contributed by atoms with van der Waals surface area (Å²) < 4.78 is 8.84. The van der Waals surface area contributed by atoms with Gasteiger partial charge in [-0.25, -0.2) is 0 Å². The number of aromatic nitrogens is 1. The lowest BCUT2D eigenvalue weighted by Crippen LogP contribution is -2.03. The van der Waals surface area contributed by atoms with Crippen molar-refractivity contribution in [3.8, 4) is 27.9 Å². The number of para-hydroxylation sites is 2. The zero-order valence-corrected chi connectivity index (χ0v) is 24.4. The Morgan fingerprint density at radius 2 is 1.09 bits per heavy atom. The number of benzene rings is 7. The van der Waals surface area contributed by atoms with E-state index in [9.17, 15) is 0 Å². The van der Waals surface area contributed by atoms with Crippen LogP contribution >= 0.6 is 0 Å². The SMILES string of the molecule is c1ccc(-c2cc(C3c4ccccc4-c4ccccc43)cc(-n3c4ccccc4c4cc5c(cc43)oc3ccccc35)c2)cc1. The molecule has 2 heterocycles. The molecule has 0 N–H and O–H groups in total. The van der Waals surface area contributed by atoms with E-state index in [0.29, 0.717) is 0 Å². The Morgan fingerprint density at radius 3 is 1.89 bits per heavy atom. The van der Waals surface area contributed by atoms with Crippen molar-refractivity contribution in [3.63, 3.8) is 0 Å². The van der Waals surface area contributed by atoms with Crippen molar-refractivity contribution in [1.29, 1.82) is 0 Å². The van der Waals surface area contributed by atoms with Crippen LogP contribution in [0.5, 0.6) is 0 Å². The normalized spacial score (nSPS) is 12.8. The van der Waals surface area contributed by atoms with E-state index in [2.05, 4.69) is 156 Å². The molecule has 1 aliphatic carbocycles. The van der Waals surface area contributed by atoms with Crippen molar-refractivity contribution < 1.29 is 4.42 Å². The number of fused-ring (bicyclic) bond motifs is 9. The minimum Gasteiger partial charge on any atom is -0.456 e. The molecule has 0 bridgehead atoms. The third-order valence-electron chi connectivity index (χ3n) is 9.64. The average Bonchev–Trinajstić information content (AvgIpc) is 3.75. The van der Waals surface area contributed by atoms with E-state index in [1.807, 2.05) is 6.07 Å². The Kier molecular flexibility index (Phi) is 5.09. The molecule has 0 unspecified atom stereocenters. The van der Waals surface area contributed by atoms with Crippen LogP contribution in [0.1, 0.15) is 22.6 Å². The Labute approximate surface area is 260 Å². The van der Waals surface area contributed by atoms with Crippen LogP contribution in [0, 0.1) is 0 Å². The van der Waals surface area contributed by atoms with E-state index in [1.165, 1.54) is 55.2 Å². The molecule has 10 rings (SSSR count). The van der Waals surface area contributed by atoms with Crippen LogP contribution in [0.25, 0.3) is 71.7 Å². The zero-order valence-electron chi connectivity index (χ0n) is 24.4. The fourth-order valence-corrected chi connectivity index (χ4v) is 7.71. The highest BCUT2D eigenvalue weighted by Crippen LogP contribution is 2.49. The van der Waals surface area contributed by atoms with Gasteiger partial charge in [0.25, 0.3) is 0 Å². The van der Waals surface area contributed by atoms with Gasteiger partial charge < -0.3 is 8.98 Å². The molecule has 0 amide bonds. The fourth-order valence-electron chi connectivity index (χ4n) is 7.71. The first kappa shape index (κ1) is 24.6. The van der Waals surface area contributed by atoms with Crippen LogP contribution in [-0.4, -0.2) is 4.57 Å². The van der Waals surface area contributed by atoms with Gasteiger partial charge in [-0.1, -0.05) is 121 Å². The van der Waals surface area contributed by atoms with Crippen molar-refractivity contribution in [2.75, 3.05) is 0 Å². The molecule has 2 heteroatoms. The maximum Gasteiger partial charge on any atom is 0.137 e. The third kappa shape index (κ3) is 3.57. The van der Waals surface area contributed by atoms with Gasteiger partial charge in [-0.15, -0.1) is 0 Å². The lowest BCUT2D eigenvalue weighted by molar-refractivity contribution is 0.669. The van der Waals surface area contributed by atoms with Gasteiger partial charge in [0.05, 0.1) is 11.0 Å². The van der Waals surface area contributed by atoms with Crippen molar-refractivity contribution in [1.82, 2.24) is 4.57 Å². The van der Waals surface area contributed by atoms with E-state index < -0.39 is 0 Å². The fraction of sp³-hybridized carbons (Fsp3) is 0.0233. The molecule has 0 radical (unpaired) electrons. The molecular weight excluding hydrogens is 546 g/mol. The van der Waals surface area contributed by atoms with Crippen LogP contribution in [0.4, 0.5) is 0 Å². The standard InChI is InChI=1S/C43H27NO/c1-2-12-27(13-3-1)28-22-29(43-35-18-6-4-14-31(35)32-15-5-7-19-36(32)43)24-30(23-28)44-39-20-10-8-16-33(39)37-25-38-34-17-9-11-21-41(34)45-42(38)26-40(37)44/h1-26,43H. The topological polar surface area (TPSA) is 18.1 Å². The molecule has 2 nitrogen and oxygen atoms in total. The first-order valence-electron chi connectivity index (χ1n) is 15.6. The summed E-state index contributed by atoms with van der Waals surface area (Å²) >= 11 is 0. The van der Waals surface area contributed by atoms with Crippen molar-refractivity contribution >= 4 is 43.7 Å². The van der Waals surface area contributed by atoms with Gasteiger partial charge in [0.2, 0.25) is 0 Å². The van der Waals surface area contributed by atoms with Crippen molar-refractivity contribution in [3.05, 3.63) is 174 Å². The maximum atomic E-state index is 6.41. The second-order valence-electron chi connectivity index (χ2n) is 12.1. The molecule has 0 fully saturated rings. The molecule has 0 atom stereocenters. The van der Waals surface area contributed by atoms with Gasteiger partial charge in [-0.2, -0.15) is 0 Å². The predicted octanol–water partition coefficient (Wildman–Crippen LogP) is 11.5. The molecule has 0 saturated heterocycles. The number of hydrogen-bond acceptors (Lipinski definition) is 1. The molecule has 0 spiro atoms. The lowest BCUT2D eigenvalue weighted by atomic mass is 9.87.